The minimum atomic E-state index is -0.717. The van der Waals surface area contributed by atoms with E-state index in [4.69, 9.17) is 25.8 Å². The molecule has 1 aromatic heterocycles. The predicted molar refractivity (Wildman–Crippen MR) is 153 cm³/mol. The van der Waals surface area contributed by atoms with Gasteiger partial charge < -0.3 is 14.2 Å². The van der Waals surface area contributed by atoms with Crippen molar-refractivity contribution >= 4 is 45.9 Å². The van der Waals surface area contributed by atoms with Crippen LogP contribution in [0.1, 0.15) is 43.8 Å². The van der Waals surface area contributed by atoms with Crippen LogP contribution in [0.3, 0.4) is 0 Å². The summed E-state index contributed by atoms with van der Waals surface area (Å²) in [6.07, 6.45) is 0. The first-order chi connectivity index (χ1) is 19.4. The molecule has 0 aliphatic carbocycles. The van der Waals surface area contributed by atoms with Gasteiger partial charge in [0, 0.05) is 10.6 Å². The van der Waals surface area contributed by atoms with Crippen molar-refractivity contribution in [3.8, 4) is 5.75 Å². The van der Waals surface area contributed by atoms with Crippen molar-refractivity contribution in [2.24, 2.45) is 0 Å². The first-order valence-electron chi connectivity index (χ1n) is 12.5. The van der Waals surface area contributed by atoms with Crippen molar-refractivity contribution in [3.63, 3.8) is 0 Å². The minimum Gasteiger partial charge on any atom is -0.488 e. The van der Waals surface area contributed by atoms with Crippen molar-refractivity contribution in [2.45, 2.75) is 27.0 Å². The number of benzene rings is 3. The molecular formula is C30H27ClN2O6S. The van der Waals surface area contributed by atoms with E-state index in [1.807, 2.05) is 48.5 Å². The molecule has 0 aliphatic rings. The third-order valence-electron chi connectivity index (χ3n) is 5.74. The van der Waals surface area contributed by atoms with Crippen molar-refractivity contribution in [1.82, 2.24) is 4.98 Å². The Balaban J connectivity index is 1.49. The van der Waals surface area contributed by atoms with Gasteiger partial charge in [0.15, 0.2) is 11.7 Å². The highest BCUT2D eigenvalue weighted by Gasteiger charge is 2.26. The number of hydrogen-bond acceptors (Lipinski definition) is 8. The second-order valence-corrected chi connectivity index (χ2v) is 9.93. The molecule has 3 aromatic carbocycles. The third kappa shape index (κ3) is 7.25. The van der Waals surface area contributed by atoms with Crippen LogP contribution in [0.25, 0.3) is 0 Å². The molecule has 4 rings (SSSR count). The average molecular weight is 579 g/mol. The molecule has 0 saturated carbocycles. The summed E-state index contributed by atoms with van der Waals surface area (Å²) in [6.45, 7) is 3.39. The van der Waals surface area contributed by atoms with Crippen LogP contribution in [-0.2, 0) is 27.4 Å². The standard InChI is InChI=1S/C30H27ClN2O6S/c1-3-37-29(36)27-20(2)32-30(40-27)33(17-21-11-5-4-6-12-21)26(34)19-39-28(35)23-14-8-10-16-25(23)38-18-22-13-7-9-15-24(22)31/h4-16H,3,17-19H2,1-2H3. The zero-order valence-electron chi connectivity index (χ0n) is 22.0. The highest BCUT2D eigenvalue weighted by molar-refractivity contribution is 7.17. The van der Waals surface area contributed by atoms with E-state index in [1.165, 1.54) is 4.90 Å². The maximum Gasteiger partial charge on any atom is 0.350 e. The molecule has 0 fully saturated rings. The second kappa shape index (κ2) is 13.7. The summed E-state index contributed by atoms with van der Waals surface area (Å²) in [7, 11) is 0. The molecule has 0 bridgehead atoms. The summed E-state index contributed by atoms with van der Waals surface area (Å²) >= 11 is 7.27. The number of hydrogen-bond donors (Lipinski definition) is 0. The van der Waals surface area contributed by atoms with E-state index in [9.17, 15) is 14.4 Å². The number of carbonyl (C=O) groups excluding carboxylic acids is 3. The lowest BCUT2D eigenvalue weighted by atomic mass is 10.2. The molecule has 206 valence electrons. The first-order valence-corrected chi connectivity index (χ1v) is 13.7. The number of rotatable bonds is 11. The molecule has 0 radical (unpaired) electrons. The van der Waals surface area contributed by atoms with E-state index in [0.717, 1.165) is 22.5 Å². The van der Waals surface area contributed by atoms with Crippen LogP contribution in [0.2, 0.25) is 5.02 Å². The Kier molecular flexibility index (Phi) is 9.88. The van der Waals surface area contributed by atoms with Gasteiger partial charge in [-0.1, -0.05) is 83.6 Å². The van der Waals surface area contributed by atoms with E-state index in [1.54, 1.807) is 44.2 Å². The molecule has 0 spiro atoms. The molecular weight excluding hydrogens is 552 g/mol. The highest BCUT2D eigenvalue weighted by Crippen LogP contribution is 2.29. The Morgan fingerprint density at radius 3 is 2.35 bits per heavy atom. The fourth-order valence-electron chi connectivity index (χ4n) is 3.73. The van der Waals surface area contributed by atoms with Crippen molar-refractivity contribution in [3.05, 3.63) is 111 Å². The molecule has 0 saturated heterocycles. The summed E-state index contributed by atoms with van der Waals surface area (Å²) in [6, 6.07) is 23.2. The Labute approximate surface area is 241 Å². The van der Waals surface area contributed by atoms with Gasteiger partial charge in [0.05, 0.1) is 18.8 Å². The number of amides is 1. The fourth-order valence-corrected chi connectivity index (χ4v) is 4.89. The number of aryl methyl sites for hydroxylation is 1. The molecule has 4 aromatic rings. The van der Waals surface area contributed by atoms with Crippen molar-refractivity contribution in [2.75, 3.05) is 18.1 Å². The lowest BCUT2D eigenvalue weighted by molar-refractivity contribution is -0.121. The van der Waals surface area contributed by atoms with Gasteiger partial charge in [-0.25, -0.2) is 14.6 Å². The summed E-state index contributed by atoms with van der Waals surface area (Å²) in [5, 5.41) is 0.851. The molecule has 0 atom stereocenters. The SMILES string of the molecule is CCOC(=O)c1sc(N(Cc2ccccc2)C(=O)COC(=O)c2ccccc2OCc2ccccc2Cl)nc1C. The first kappa shape index (κ1) is 28.8. The topological polar surface area (TPSA) is 95.0 Å². The number of thiazole rings is 1. The van der Waals surface area contributed by atoms with Gasteiger partial charge in [-0.2, -0.15) is 0 Å². The van der Waals surface area contributed by atoms with Crippen LogP contribution in [0, 0.1) is 6.92 Å². The summed E-state index contributed by atoms with van der Waals surface area (Å²) in [5.74, 6) is -1.42. The second-order valence-electron chi connectivity index (χ2n) is 8.55. The fraction of sp³-hybridized carbons (Fsp3) is 0.200. The van der Waals surface area contributed by atoms with Crippen LogP contribution >= 0.6 is 22.9 Å². The maximum atomic E-state index is 13.4. The Hall–Kier alpha value is -4.21. The van der Waals surface area contributed by atoms with Gasteiger partial charge in [0.25, 0.3) is 5.91 Å². The molecule has 0 aliphatic heterocycles. The monoisotopic (exact) mass is 578 g/mol. The van der Waals surface area contributed by atoms with Crippen LogP contribution in [0.15, 0.2) is 78.9 Å². The number of anilines is 1. The lowest BCUT2D eigenvalue weighted by Crippen LogP contribution is -2.34. The van der Waals surface area contributed by atoms with Crippen LogP contribution < -0.4 is 9.64 Å². The van der Waals surface area contributed by atoms with Gasteiger partial charge in [-0.15, -0.1) is 0 Å². The number of nitrogens with zero attached hydrogens (tertiary/aromatic N) is 2. The molecule has 40 heavy (non-hydrogen) atoms. The van der Waals surface area contributed by atoms with E-state index in [-0.39, 0.29) is 25.3 Å². The maximum absolute atomic E-state index is 13.4. The smallest absolute Gasteiger partial charge is 0.350 e. The van der Waals surface area contributed by atoms with E-state index in [2.05, 4.69) is 4.98 Å². The molecule has 0 N–H and O–H groups in total. The van der Waals surface area contributed by atoms with Gasteiger partial charge >= 0.3 is 11.9 Å². The number of para-hydroxylation sites is 1. The summed E-state index contributed by atoms with van der Waals surface area (Å²) in [5.41, 5.74) is 2.23. The van der Waals surface area contributed by atoms with E-state index < -0.39 is 24.5 Å². The van der Waals surface area contributed by atoms with Crippen molar-refractivity contribution < 1.29 is 28.6 Å². The van der Waals surface area contributed by atoms with Crippen LogP contribution in [0.4, 0.5) is 5.13 Å². The van der Waals surface area contributed by atoms with Crippen molar-refractivity contribution in [1.29, 1.82) is 0 Å². The van der Waals surface area contributed by atoms with Gasteiger partial charge in [-0.05, 0) is 37.6 Å². The number of carbonyl (C=O) groups is 3. The van der Waals surface area contributed by atoms with Gasteiger partial charge in [0.2, 0.25) is 0 Å². The third-order valence-corrected chi connectivity index (χ3v) is 7.27. The minimum absolute atomic E-state index is 0.153. The Morgan fingerprint density at radius 1 is 0.900 bits per heavy atom. The van der Waals surface area contributed by atoms with E-state index >= 15 is 0 Å². The molecule has 10 heteroatoms. The number of halogens is 1. The molecule has 1 heterocycles. The average Bonchev–Trinajstić information content (AvgIpc) is 3.36. The largest absolute Gasteiger partial charge is 0.488 e. The van der Waals surface area contributed by atoms with Crippen LogP contribution in [-0.4, -0.2) is 36.0 Å². The lowest BCUT2D eigenvalue weighted by Gasteiger charge is -2.20. The van der Waals surface area contributed by atoms with Gasteiger partial charge in [-0.3, -0.25) is 9.69 Å². The normalized spacial score (nSPS) is 10.6. The number of ether oxygens (including phenoxy) is 3. The molecule has 8 nitrogen and oxygen atoms in total. The highest BCUT2D eigenvalue weighted by atomic mass is 35.5. The predicted octanol–water partition coefficient (Wildman–Crippen LogP) is 6.25. The number of aromatic nitrogens is 1. The van der Waals surface area contributed by atoms with Crippen LogP contribution in [0.5, 0.6) is 5.75 Å². The zero-order valence-corrected chi connectivity index (χ0v) is 23.5. The summed E-state index contributed by atoms with van der Waals surface area (Å²) in [4.78, 5) is 44.9. The molecule has 1 amide bonds. The zero-order chi connectivity index (χ0) is 28.5. The Morgan fingerprint density at radius 2 is 1.60 bits per heavy atom. The Bertz CT molecular complexity index is 1490. The molecule has 0 unspecified atom stereocenters. The quantitative estimate of drug-likeness (QED) is 0.194. The van der Waals surface area contributed by atoms with E-state index in [0.29, 0.717) is 26.5 Å². The number of esters is 2. The summed E-state index contributed by atoms with van der Waals surface area (Å²) < 4.78 is 16.4. The van der Waals surface area contributed by atoms with Gasteiger partial charge in [0.1, 0.15) is 22.8 Å².